The van der Waals surface area contributed by atoms with Crippen LogP contribution in [0.15, 0.2) is 24.3 Å². The van der Waals surface area contributed by atoms with Crippen molar-refractivity contribution in [1.29, 1.82) is 0 Å². The summed E-state index contributed by atoms with van der Waals surface area (Å²) in [6.45, 7) is 3.83. The van der Waals surface area contributed by atoms with E-state index in [4.69, 9.17) is 10.8 Å². The molecular formula is C15H19N3. The molecule has 94 valence electrons. The summed E-state index contributed by atoms with van der Waals surface area (Å²) in [7, 11) is 0. The van der Waals surface area contributed by atoms with Crippen LogP contribution in [-0.4, -0.2) is 16.3 Å². The SMILES string of the molecule is Cc1ccc(-c2c(CCN)nn3c2CCC3)cc1. The maximum atomic E-state index is 5.70. The molecule has 1 aliphatic rings. The Balaban J connectivity index is 2.11. The molecule has 1 aromatic carbocycles. The minimum atomic E-state index is 0.662. The van der Waals surface area contributed by atoms with Gasteiger partial charge in [0.15, 0.2) is 0 Å². The summed E-state index contributed by atoms with van der Waals surface area (Å²) in [6.07, 6.45) is 3.22. The van der Waals surface area contributed by atoms with Gasteiger partial charge in [0.2, 0.25) is 0 Å². The molecule has 0 aliphatic carbocycles. The fraction of sp³-hybridized carbons (Fsp3) is 0.400. The Kier molecular flexibility index (Phi) is 2.92. The molecule has 0 saturated carbocycles. The van der Waals surface area contributed by atoms with Crippen LogP contribution in [0.1, 0.15) is 23.4 Å². The Bertz CT molecular complexity index is 552. The summed E-state index contributed by atoms with van der Waals surface area (Å²) in [5, 5.41) is 4.72. The molecule has 2 N–H and O–H groups in total. The van der Waals surface area contributed by atoms with Crippen LogP contribution in [0.2, 0.25) is 0 Å². The van der Waals surface area contributed by atoms with Crippen LogP contribution in [-0.2, 0) is 19.4 Å². The number of hydrogen-bond acceptors (Lipinski definition) is 2. The van der Waals surface area contributed by atoms with E-state index in [2.05, 4.69) is 35.9 Å². The molecule has 0 spiro atoms. The quantitative estimate of drug-likeness (QED) is 0.896. The number of hydrogen-bond donors (Lipinski definition) is 1. The number of benzene rings is 1. The summed E-state index contributed by atoms with van der Waals surface area (Å²) in [6, 6.07) is 8.73. The Morgan fingerprint density at radius 1 is 1.28 bits per heavy atom. The molecule has 0 unspecified atom stereocenters. The van der Waals surface area contributed by atoms with Gasteiger partial charge in [0.1, 0.15) is 0 Å². The zero-order valence-electron chi connectivity index (χ0n) is 10.8. The van der Waals surface area contributed by atoms with Gasteiger partial charge in [-0.2, -0.15) is 5.10 Å². The van der Waals surface area contributed by atoms with Gasteiger partial charge in [-0.15, -0.1) is 0 Å². The third kappa shape index (κ3) is 1.85. The van der Waals surface area contributed by atoms with Gasteiger partial charge in [-0.1, -0.05) is 29.8 Å². The highest BCUT2D eigenvalue weighted by Gasteiger charge is 2.21. The first-order valence-electron chi connectivity index (χ1n) is 6.65. The van der Waals surface area contributed by atoms with Crippen molar-refractivity contribution in [3.8, 4) is 11.1 Å². The largest absolute Gasteiger partial charge is 0.330 e. The molecule has 2 heterocycles. The normalized spacial score (nSPS) is 13.9. The van der Waals surface area contributed by atoms with E-state index in [0.29, 0.717) is 6.54 Å². The van der Waals surface area contributed by atoms with Crippen LogP contribution in [0.5, 0.6) is 0 Å². The first-order valence-corrected chi connectivity index (χ1v) is 6.65. The lowest BCUT2D eigenvalue weighted by molar-refractivity contribution is 0.643. The minimum absolute atomic E-state index is 0.662. The third-order valence-electron chi connectivity index (χ3n) is 3.64. The molecule has 18 heavy (non-hydrogen) atoms. The number of rotatable bonds is 3. The lowest BCUT2D eigenvalue weighted by Gasteiger charge is -2.05. The summed E-state index contributed by atoms with van der Waals surface area (Å²) >= 11 is 0. The second-order valence-corrected chi connectivity index (χ2v) is 5.00. The second-order valence-electron chi connectivity index (χ2n) is 5.00. The first kappa shape index (κ1) is 11.5. The van der Waals surface area contributed by atoms with Crippen molar-refractivity contribution in [2.24, 2.45) is 5.73 Å². The van der Waals surface area contributed by atoms with E-state index in [1.807, 2.05) is 0 Å². The highest BCUT2D eigenvalue weighted by molar-refractivity contribution is 5.69. The van der Waals surface area contributed by atoms with Gasteiger partial charge >= 0.3 is 0 Å². The minimum Gasteiger partial charge on any atom is -0.330 e. The van der Waals surface area contributed by atoms with Gasteiger partial charge < -0.3 is 5.73 Å². The topological polar surface area (TPSA) is 43.8 Å². The second kappa shape index (κ2) is 4.58. The Hall–Kier alpha value is -1.61. The highest BCUT2D eigenvalue weighted by atomic mass is 15.3. The molecule has 1 aliphatic heterocycles. The van der Waals surface area contributed by atoms with Crippen LogP contribution in [0.4, 0.5) is 0 Å². The van der Waals surface area contributed by atoms with Crippen LogP contribution in [0.25, 0.3) is 11.1 Å². The van der Waals surface area contributed by atoms with Gasteiger partial charge in [-0.05, 0) is 31.9 Å². The van der Waals surface area contributed by atoms with Crippen molar-refractivity contribution in [2.75, 3.05) is 6.54 Å². The predicted octanol–water partition coefficient (Wildman–Crippen LogP) is 2.31. The average Bonchev–Trinajstić information content (AvgIpc) is 2.91. The number of nitrogens with two attached hydrogens (primary N) is 1. The average molecular weight is 241 g/mol. The number of fused-ring (bicyclic) bond motifs is 1. The van der Waals surface area contributed by atoms with Crippen molar-refractivity contribution in [3.63, 3.8) is 0 Å². The van der Waals surface area contributed by atoms with E-state index in [0.717, 1.165) is 25.1 Å². The summed E-state index contributed by atoms with van der Waals surface area (Å²) in [4.78, 5) is 0. The fourth-order valence-corrected chi connectivity index (χ4v) is 2.75. The molecule has 0 amide bonds. The zero-order valence-corrected chi connectivity index (χ0v) is 10.8. The Labute approximate surface area is 108 Å². The lowest BCUT2D eigenvalue weighted by atomic mass is 9.99. The monoisotopic (exact) mass is 241 g/mol. The summed E-state index contributed by atoms with van der Waals surface area (Å²) < 4.78 is 2.17. The molecule has 2 aromatic rings. The van der Waals surface area contributed by atoms with Gasteiger partial charge in [-0.3, -0.25) is 4.68 Å². The maximum Gasteiger partial charge on any atom is 0.0718 e. The standard InChI is InChI=1S/C15H19N3/c1-11-4-6-12(7-5-11)15-13(8-9-16)17-18-10-2-3-14(15)18/h4-7H,2-3,8-10,16H2,1H3. The van der Waals surface area contributed by atoms with Gasteiger partial charge in [-0.25, -0.2) is 0 Å². The molecule has 0 fully saturated rings. The van der Waals surface area contributed by atoms with Crippen LogP contribution in [0.3, 0.4) is 0 Å². The molecule has 3 nitrogen and oxygen atoms in total. The zero-order chi connectivity index (χ0) is 12.5. The molecule has 0 atom stereocenters. The van der Waals surface area contributed by atoms with Crippen molar-refractivity contribution < 1.29 is 0 Å². The maximum absolute atomic E-state index is 5.70. The smallest absolute Gasteiger partial charge is 0.0718 e. The summed E-state index contributed by atoms with van der Waals surface area (Å²) in [5.41, 5.74) is 12.2. The number of nitrogens with zero attached hydrogens (tertiary/aromatic N) is 2. The van der Waals surface area contributed by atoms with Crippen molar-refractivity contribution in [2.45, 2.75) is 32.7 Å². The molecular weight excluding hydrogens is 222 g/mol. The van der Waals surface area contributed by atoms with E-state index < -0.39 is 0 Å². The Morgan fingerprint density at radius 3 is 2.78 bits per heavy atom. The van der Waals surface area contributed by atoms with E-state index in [9.17, 15) is 0 Å². The molecule has 0 saturated heterocycles. The van der Waals surface area contributed by atoms with Crippen LogP contribution >= 0.6 is 0 Å². The van der Waals surface area contributed by atoms with Crippen LogP contribution < -0.4 is 5.73 Å². The lowest BCUT2D eigenvalue weighted by Crippen LogP contribution is -2.05. The van der Waals surface area contributed by atoms with Gasteiger partial charge in [0.25, 0.3) is 0 Å². The van der Waals surface area contributed by atoms with E-state index in [1.54, 1.807) is 0 Å². The first-order chi connectivity index (χ1) is 8.79. The van der Waals surface area contributed by atoms with Crippen LogP contribution in [0, 0.1) is 6.92 Å². The van der Waals surface area contributed by atoms with Crippen molar-refractivity contribution in [1.82, 2.24) is 9.78 Å². The van der Waals surface area contributed by atoms with E-state index >= 15 is 0 Å². The van der Waals surface area contributed by atoms with Gasteiger partial charge in [0.05, 0.1) is 5.69 Å². The Morgan fingerprint density at radius 2 is 2.06 bits per heavy atom. The molecule has 0 radical (unpaired) electrons. The van der Waals surface area contributed by atoms with E-state index in [-0.39, 0.29) is 0 Å². The van der Waals surface area contributed by atoms with Gasteiger partial charge in [0, 0.05) is 24.2 Å². The van der Waals surface area contributed by atoms with Crippen molar-refractivity contribution in [3.05, 3.63) is 41.2 Å². The third-order valence-corrected chi connectivity index (χ3v) is 3.64. The predicted molar refractivity (Wildman–Crippen MR) is 73.5 cm³/mol. The number of aromatic nitrogens is 2. The summed E-state index contributed by atoms with van der Waals surface area (Å²) in [5.74, 6) is 0. The molecule has 3 heteroatoms. The highest BCUT2D eigenvalue weighted by Crippen LogP contribution is 2.32. The molecule has 1 aromatic heterocycles. The fourth-order valence-electron chi connectivity index (χ4n) is 2.75. The molecule has 3 rings (SSSR count). The van der Waals surface area contributed by atoms with E-state index in [1.165, 1.54) is 28.8 Å². The molecule has 0 bridgehead atoms. The van der Waals surface area contributed by atoms with Crippen molar-refractivity contribution >= 4 is 0 Å². The number of aryl methyl sites for hydroxylation is 2.